The van der Waals surface area contributed by atoms with Crippen LogP contribution in [0.25, 0.3) is 0 Å². The monoisotopic (exact) mass is 391 g/mol. The van der Waals surface area contributed by atoms with Gasteiger partial charge in [0, 0.05) is 11.8 Å². The van der Waals surface area contributed by atoms with Crippen molar-refractivity contribution in [3.63, 3.8) is 0 Å². The molecule has 1 aromatic heterocycles. The van der Waals surface area contributed by atoms with Crippen molar-refractivity contribution in [3.8, 4) is 11.8 Å². The number of methoxy groups -OCH3 is 1. The van der Waals surface area contributed by atoms with Crippen LogP contribution in [0, 0.1) is 17.2 Å². The SMILES string of the molecule is COc1cccc(Nc2nnc(SCC(=O)N[C@](C)(C#N)C(C)C)s2)c1. The smallest absolute Gasteiger partial charge is 0.231 e. The lowest BCUT2D eigenvalue weighted by Gasteiger charge is -2.27. The summed E-state index contributed by atoms with van der Waals surface area (Å²) in [5.74, 6) is 0.737. The molecule has 2 N–H and O–H groups in total. The Morgan fingerprint density at radius 2 is 2.23 bits per heavy atom. The van der Waals surface area contributed by atoms with E-state index in [1.807, 2.05) is 38.1 Å². The normalized spacial score (nSPS) is 12.9. The molecule has 0 aliphatic rings. The molecule has 1 atom stereocenters. The average molecular weight is 392 g/mol. The predicted octanol–water partition coefficient (Wildman–Crippen LogP) is 3.44. The van der Waals surface area contributed by atoms with E-state index in [4.69, 9.17) is 4.74 Å². The molecule has 1 aromatic carbocycles. The highest BCUT2D eigenvalue weighted by atomic mass is 32.2. The largest absolute Gasteiger partial charge is 0.497 e. The number of nitrogens with one attached hydrogen (secondary N) is 2. The van der Waals surface area contributed by atoms with Crippen LogP contribution in [0.3, 0.4) is 0 Å². The van der Waals surface area contributed by atoms with E-state index in [2.05, 4.69) is 26.9 Å². The maximum atomic E-state index is 12.1. The van der Waals surface area contributed by atoms with Crippen LogP contribution >= 0.6 is 23.1 Å². The Labute approximate surface area is 161 Å². The molecule has 2 rings (SSSR count). The Morgan fingerprint density at radius 1 is 1.46 bits per heavy atom. The van der Waals surface area contributed by atoms with E-state index in [0.29, 0.717) is 9.47 Å². The first kappa shape index (κ1) is 20.0. The van der Waals surface area contributed by atoms with Gasteiger partial charge in [0.2, 0.25) is 11.0 Å². The first-order valence-corrected chi connectivity index (χ1v) is 9.76. The zero-order chi connectivity index (χ0) is 19.2. The molecule has 0 fully saturated rings. The van der Waals surface area contributed by atoms with Crippen LogP contribution in [0.15, 0.2) is 28.6 Å². The van der Waals surface area contributed by atoms with E-state index in [9.17, 15) is 10.1 Å². The fraction of sp³-hybridized carbons (Fsp3) is 0.412. The number of rotatable bonds is 8. The van der Waals surface area contributed by atoms with Crippen LogP contribution in [-0.2, 0) is 4.79 Å². The van der Waals surface area contributed by atoms with Gasteiger partial charge in [0.25, 0.3) is 0 Å². The third-order valence-electron chi connectivity index (χ3n) is 3.84. The highest BCUT2D eigenvalue weighted by molar-refractivity contribution is 8.01. The third kappa shape index (κ3) is 5.34. The molecule has 9 heteroatoms. The second-order valence-electron chi connectivity index (χ2n) is 6.04. The first-order valence-electron chi connectivity index (χ1n) is 7.96. The molecule has 7 nitrogen and oxygen atoms in total. The second kappa shape index (κ2) is 8.87. The Balaban J connectivity index is 1.90. The van der Waals surface area contributed by atoms with E-state index < -0.39 is 5.54 Å². The van der Waals surface area contributed by atoms with Gasteiger partial charge in [0.05, 0.1) is 18.9 Å². The summed E-state index contributed by atoms with van der Waals surface area (Å²) in [5.41, 5.74) is -0.0331. The van der Waals surface area contributed by atoms with Gasteiger partial charge in [0.15, 0.2) is 4.34 Å². The number of ether oxygens (including phenoxy) is 1. The van der Waals surface area contributed by atoms with Gasteiger partial charge in [-0.25, -0.2) is 0 Å². The van der Waals surface area contributed by atoms with Crippen molar-refractivity contribution >= 4 is 39.8 Å². The van der Waals surface area contributed by atoms with Crippen molar-refractivity contribution < 1.29 is 9.53 Å². The molecule has 26 heavy (non-hydrogen) atoms. The Bertz CT molecular complexity index is 802. The Hall–Kier alpha value is -2.31. The standard InChI is InChI=1S/C17H21N5O2S2/c1-11(2)17(3,10-18)20-14(23)9-25-16-22-21-15(26-16)19-12-6-5-7-13(8-12)24-4/h5-8,11H,9H2,1-4H3,(H,19,21)(H,20,23)/t17-/m1/s1. The summed E-state index contributed by atoms with van der Waals surface area (Å²) < 4.78 is 5.86. The highest BCUT2D eigenvalue weighted by Gasteiger charge is 2.29. The van der Waals surface area contributed by atoms with Crippen LogP contribution in [0.5, 0.6) is 5.75 Å². The van der Waals surface area contributed by atoms with Gasteiger partial charge in [-0.15, -0.1) is 10.2 Å². The minimum absolute atomic E-state index is 0.0154. The van der Waals surface area contributed by atoms with Crippen molar-refractivity contribution in [3.05, 3.63) is 24.3 Å². The third-order valence-corrected chi connectivity index (χ3v) is 5.81. The molecular formula is C17H21N5O2S2. The number of aromatic nitrogens is 2. The zero-order valence-electron chi connectivity index (χ0n) is 15.1. The maximum Gasteiger partial charge on any atom is 0.231 e. The van der Waals surface area contributed by atoms with Crippen molar-refractivity contribution in [1.29, 1.82) is 5.26 Å². The van der Waals surface area contributed by atoms with E-state index in [1.165, 1.54) is 23.1 Å². The predicted molar refractivity (Wildman–Crippen MR) is 104 cm³/mol. The summed E-state index contributed by atoms with van der Waals surface area (Å²) >= 11 is 2.65. The number of nitrogens with zero attached hydrogens (tertiary/aromatic N) is 3. The van der Waals surface area contributed by atoms with Gasteiger partial charge in [-0.3, -0.25) is 4.79 Å². The number of hydrogen-bond acceptors (Lipinski definition) is 8. The second-order valence-corrected chi connectivity index (χ2v) is 8.24. The Morgan fingerprint density at radius 3 is 2.88 bits per heavy atom. The molecular weight excluding hydrogens is 370 g/mol. The number of hydrogen-bond donors (Lipinski definition) is 2. The van der Waals surface area contributed by atoms with Crippen LogP contribution in [0.4, 0.5) is 10.8 Å². The molecule has 1 heterocycles. The van der Waals surface area contributed by atoms with E-state index in [1.54, 1.807) is 14.0 Å². The lowest BCUT2D eigenvalue weighted by atomic mass is 9.90. The average Bonchev–Trinajstić information content (AvgIpc) is 3.07. The van der Waals surface area contributed by atoms with E-state index >= 15 is 0 Å². The van der Waals surface area contributed by atoms with E-state index in [-0.39, 0.29) is 17.6 Å². The number of thioether (sulfide) groups is 1. The molecule has 0 aliphatic carbocycles. The maximum absolute atomic E-state index is 12.1. The summed E-state index contributed by atoms with van der Waals surface area (Å²) in [6, 6.07) is 9.66. The Kier molecular flexibility index (Phi) is 6.83. The minimum atomic E-state index is -0.877. The summed E-state index contributed by atoms with van der Waals surface area (Å²) in [7, 11) is 1.61. The first-order chi connectivity index (χ1) is 12.4. The van der Waals surface area contributed by atoms with Crippen LogP contribution in [0.2, 0.25) is 0 Å². The molecule has 0 unspecified atom stereocenters. The number of anilines is 2. The topological polar surface area (TPSA) is 99.9 Å². The molecule has 0 aliphatic heterocycles. The van der Waals surface area contributed by atoms with Gasteiger partial charge in [-0.05, 0) is 25.0 Å². The molecule has 0 saturated heterocycles. The van der Waals surface area contributed by atoms with E-state index in [0.717, 1.165) is 11.4 Å². The quantitative estimate of drug-likeness (QED) is 0.665. The van der Waals surface area contributed by atoms with Crippen molar-refractivity contribution in [1.82, 2.24) is 15.5 Å². The van der Waals surface area contributed by atoms with Gasteiger partial charge < -0.3 is 15.4 Å². The number of benzene rings is 1. The summed E-state index contributed by atoms with van der Waals surface area (Å²) in [6.45, 7) is 5.52. The molecule has 0 saturated carbocycles. The zero-order valence-corrected chi connectivity index (χ0v) is 16.7. The fourth-order valence-electron chi connectivity index (χ4n) is 1.90. The molecule has 138 valence electrons. The fourth-order valence-corrected chi connectivity index (χ4v) is 3.47. The molecule has 1 amide bonds. The molecule has 2 aromatic rings. The van der Waals surface area contributed by atoms with Gasteiger partial charge in [-0.1, -0.05) is 43.0 Å². The number of nitriles is 1. The van der Waals surface area contributed by atoms with Crippen LogP contribution in [-0.4, -0.2) is 34.5 Å². The molecule has 0 spiro atoms. The lowest BCUT2D eigenvalue weighted by molar-refractivity contribution is -0.120. The minimum Gasteiger partial charge on any atom is -0.497 e. The summed E-state index contributed by atoms with van der Waals surface area (Å²) in [5, 5.41) is 24.0. The summed E-state index contributed by atoms with van der Waals surface area (Å²) in [6.07, 6.45) is 0. The van der Waals surface area contributed by atoms with Gasteiger partial charge >= 0.3 is 0 Å². The number of amides is 1. The van der Waals surface area contributed by atoms with Crippen LogP contribution in [0.1, 0.15) is 20.8 Å². The lowest BCUT2D eigenvalue weighted by Crippen LogP contribution is -2.49. The van der Waals surface area contributed by atoms with Crippen molar-refractivity contribution in [2.45, 2.75) is 30.6 Å². The van der Waals surface area contributed by atoms with Gasteiger partial charge in [0.1, 0.15) is 11.3 Å². The van der Waals surface area contributed by atoms with Crippen LogP contribution < -0.4 is 15.4 Å². The summed E-state index contributed by atoms with van der Waals surface area (Å²) in [4.78, 5) is 12.1. The highest BCUT2D eigenvalue weighted by Crippen LogP contribution is 2.28. The van der Waals surface area contributed by atoms with Crippen molar-refractivity contribution in [2.24, 2.45) is 5.92 Å². The molecule has 0 bridgehead atoms. The number of carbonyl (C=O) groups excluding carboxylic acids is 1. The van der Waals surface area contributed by atoms with Crippen molar-refractivity contribution in [2.75, 3.05) is 18.2 Å². The molecule has 0 radical (unpaired) electrons. The number of carbonyl (C=O) groups is 1. The van der Waals surface area contributed by atoms with Gasteiger partial charge in [-0.2, -0.15) is 5.26 Å².